The molecule has 4 nitrogen and oxygen atoms in total. The van der Waals surface area contributed by atoms with Crippen LogP contribution in [0.5, 0.6) is 0 Å². The molecule has 74 valence electrons. The minimum atomic E-state index is 0.834. The molecule has 2 heterocycles. The van der Waals surface area contributed by atoms with Gasteiger partial charge in [0, 0.05) is 26.1 Å². The van der Waals surface area contributed by atoms with Crippen LogP contribution in [0.1, 0.15) is 19.3 Å². The van der Waals surface area contributed by atoms with Gasteiger partial charge in [0.15, 0.2) is 0 Å². The van der Waals surface area contributed by atoms with Crippen LogP contribution < -0.4 is 5.43 Å². The fraction of sp³-hybridized carbons (Fsp3) is 0.889. The summed E-state index contributed by atoms with van der Waals surface area (Å²) in [5.74, 6) is 1.16. The number of morpholine rings is 1. The van der Waals surface area contributed by atoms with Crippen LogP contribution in [0.3, 0.4) is 0 Å². The van der Waals surface area contributed by atoms with Crippen molar-refractivity contribution in [2.24, 2.45) is 4.99 Å². The van der Waals surface area contributed by atoms with Gasteiger partial charge in [-0.1, -0.05) is 0 Å². The first-order chi connectivity index (χ1) is 6.45. The summed E-state index contributed by atoms with van der Waals surface area (Å²) in [6.45, 7) is 4.60. The van der Waals surface area contributed by atoms with Gasteiger partial charge in [-0.25, -0.2) is 5.01 Å². The van der Waals surface area contributed by atoms with Gasteiger partial charge in [0.25, 0.3) is 0 Å². The zero-order valence-corrected chi connectivity index (χ0v) is 7.96. The Morgan fingerprint density at radius 3 is 2.77 bits per heavy atom. The van der Waals surface area contributed by atoms with Gasteiger partial charge in [-0.05, 0) is 12.8 Å². The van der Waals surface area contributed by atoms with Crippen LogP contribution in [0.25, 0.3) is 0 Å². The first-order valence-corrected chi connectivity index (χ1v) is 5.08. The van der Waals surface area contributed by atoms with E-state index in [-0.39, 0.29) is 0 Å². The van der Waals surface area contributed by atoms with E-state index in [4.69, 9.17) is 4.74 Å². The largest absolute Gasteiger partial charge is 0.379 e. The molecule has 0 saturated carbocycles. The third-order valence-electron chi connectivity index (χ3n) is 2.42. The van der Waals surface area contributed by atoms with Crippen LogP contribution in [0, 0.1) is 0 Å². The molecule has 0 aromatic heterocycles. The summed E-state index contributed by atoms with van der Waals surface area (Å²) in [4.78, 5) is 4.45. The minimum Gasteiger partial charge on any atom is -0.379 e. The molecule has 13 heavy (non-hydrogen) atoms. The van der Waals surface area contributed by atoms with Crippen molar-refractivity contribution in [2.75, 3.05) is 32.8 Å². The van der Waals surface area contributed by atoms with Crippen LogP contribution in [0.4, 0.5) is 0 Å². The predicted molar refractivity (Wildman–Crippen MR) is 51.7 cm³/mol. The summed E-state index contributed by atoms with van der Waals surface area (Å²) in [7, 11) is 0. The van der Waals surface area contributed by atoms with Gasteiger partial charge < -0.3 is 10.2 Å². The van der Waals surface area contributed by atoms with Crippen LogP contribution in [0.2, 0.25) is 0 Å². The van der Waals surface area contributed by atoms with Crippen LogP contribution in [-0.4, -0.2) is 43.7 Å². The lowest BCUT2D eigenvalue weighted by Crippen LogP contribution is -2.48. The molecule has 0 spiro atoms. The fourth-order valence-corrected chi connectivity index (χ4v) is 1.65. The Hall–Kier alpha value is -0.610. The number of aliphatic imine (C=N–C) groups is 1. The smallest absolute Gasteiger partial charge is 0.111 e. The van der Waals surface area contributed by atoms with Crippen molar-refractivity contribution in [3.63, 3.8) is 0 Å². The fourth-order valence-electron chi connectivity index (χ4n) is 1.65. The lowest BCUT2D eigenvalue weighted by atomic mass is 10.2. The maximum atomic E-state index is 5.27. The molecule has 0 radical (unpaired) electrons. The van der Waals surface area contributed by atoms with E-state index in [0.29, 0.717) is 0 Å². The number of nitrogens with zero attached hydrogens (tertiary/aromatic N) is 2. The number of nitrogens with one attached hydrogen (secondary N) is 1. The summed E-state index contributed by atoms with van der Waals surface area (Å²) in [5, 5.41) is 2.20. The van der Waals surface area contributed by atoms with Crippen molar-refractivity contribution in [2.45, 2.75) is 19.3 Å². The first-order valence-electron chi connectivity index (χ1n) is 5.08. The highest BCUT2D eigenvalue weighted by atomic mass is 16.5. The summed E-state index contributed by atoms with van der Waals surface area (Å²) in [6, 6.07) is 0. The van der Waals surface area contributed by atoms with Gasteiger partial charge in [0.05, 0.1) is 13.2 Å². The predicted octanol–water partition coefficient (Wildman–Crippen LogP) is 0.406. The zero-order chi connectivity index (χ0) is 8.93. The van der Waals surface area contributed by atoms with Crippen LogP contribution in [-0.2, 0) is 4.74 Å². The molecule has 0 aliphatic carbocycles. The van der Waals surface area contributed by atoms with Crippen molar-refractivity contribution in [3.05, 3.63) is 0 Å². The van der Waals surface area contributed by atoms with Gasteiger partial charge in [-0.15, -0.1) is 0 Å². The number of amidine groups is 1. The molecule has 1 N–H and O–H groups in total. The topological polar surface area (TPSA) is 36.9 Å². The van der Waals surface area contributed by atoms with Gasteiger partial charge in [-0.3, -0.25) is 4.99 Å². The average molecular weight is 183 g/mol. The lowest BCUT2D eigenvalue weighted by molar-refractivity contribution is 0.0243. The summed E-state index contributed by atoms with van der Waals surface area (Å²) >= 11 is 0. The second-order valence-electron chi connectivity index (χ2n) is 3.50. The molecule has 0 amide bonds. The summed E-state index contributed by atoms with van der Waals surface area (Å²) < 4.78 is 5.27. The number of hydrogen-bond acceptors (Lipinski definition) is 4. The molecule has 2 rings (SSSR count). The molecule has 0 aromatic rings. The van der Waals surface area contributed by atoms with Gasteiger partial charge in [0.1, 0.15) is 5.84 Å². The van der Waals surface area contributed by atoms with E-state index in [2.05, 4.69) is 15.4 Å². The number of ether oxygens (including phenoxy) is 1. The van der Waals surface area contributed by atoms with Gasteiger partial charge in [0.2, 0.25) is 0 Å². The first kappa shape index (κ1) is 8.97. The summed E-state index contributed by atoms with van der Waals surface area (Å²) in [5.41, 5.74) is 3.36. The van der Waals surface area contributed by atoms with E-state index in [1.807, 2.05) is 0 Å². The molecule has 4 heteroatoms. The molecule has 2 aliphatic heterocycles. The van der Waals surface area contributed by atoms with Crippen LogP contribution in [0.15, 0.2) is 4.99 Å². The second kappa shape index (κ2) is 4.58. The second-order valence-corrected chi connectivity index (χ2v) is 3.50. The molecule has 0 atom stereocenters. The third kappa shape index (κ3) is 2.67. The average Bonchev–Trinajstić information content (AvgIpc) is 2.21. The van der Waals surface area contributed by atoms with Crippen molar-refractivity contribution >= 4 is 5.84 Å². The van der Waals surface area contributed by atoms with E-state index in [0.717, 1.165) is 45.1 Å². The number of rotatable bonds is 1. The van der Waals surface area contributed by atoms with Gasteiger partial charge in [-0.2, -0.15) is 0 Å². The maximum Gasteiger partial charge on any atom is 0.111 e. The minimum absolute atomic E-state index is 0.834. The van der Waals surface area contributed by atoms with E-state index in [1.165, 1.54) is 12.8 Å². The highest BCUT2D eigenvalue weighted by molar-refractivity contribution is 5.82. The Morgan fingerprint density at radius 1 is 1.23 bits per heavy atom. The summed E-state index contributed by atoms with van der Waals surface area (Å²) in [6.07, 6.45) is 3.63. The lowest BCUT2D eigenvalue weighted by Gasteiger charge is -2.29. The van der Waals surface area contributed by atoms with E-state index in [1.54, 1.807) is 0 Å². The van der Waals surface area contributed by atoms with Crippen molar-refractivity contribution in [3.8, 4) is 0 Å². The molecule has 0 unspecified atom stereocenters. The Bertz CT molecular complexity index is 187. The molecule has 0 bridgehead atoms. The standard InChI is InChI=1S/C9H17N3O/c1-2-4-10-9(3-1)11-12-5-7-13-8-6-12/h1-8H2,(H,10,11). The Kier molecular flexibility index (Phi) is 3.16. The normalized spacial score (nSPS) is 25.4. The highest BCUT2D eigenvalue weighted by Gasteiger charge is 2.12. The molecular formula is C9H17N3O. The van der Waals surface area contributed by atoms with Crippen molar-refractivity contribution in [1.82, 2.24) is 10.4 Å². The van der Waals surface area contributed by atoms with E-state index < -0.39 is 0 Å². The monoisotopic (exact) mass is 183 g/mol. The molecule has 1 saturated heterocycles. The number of hydrazine groups is 1. The zero-order valence-electron chi connectivity index (χ0n) is 7.96. The Balaban J connectivity index is 1.78. The highest BCUT2D eigenvalue weighted by Crippen LogP contribution is 2.04. The molecule has 1 fully saturated rings. The maximum absolute atomic E-state index is 5.27. The molecular weight excluding hydrogens is 166 g/mol. The Labute approximate surface area is 78.9 Å². The van der Waals surface area contributed by atoms with Crippen LogP contribution >= 0.6 is 0 Å². The van der Waals surface area contributed by atoms with E-state index in [9.17, 15) is 0 Å². The Morgan fingerprint density at radius 2 is 2.08 bits per heavy atom. The van der Waals surface area contributed by atoms with Crippen molar-refractivity contribution < 1.29 is 4.74 Å². The SMILES string of the molecule is C1CCC(NN2CCOCC2)=NC1. The number of hydrogen-bond donors (Lipinski definition) is 1. The quantitative estimate of drug-likeness (QED) is 0.639. The van der Waals surface area contributed by atoms with E-state index >= 15 is 0 Å². The van der Waals surface area contributed by atoms with Gasteiger partial charge >= 0.3 is 0 Å². The molecule has 2 aliphatic rings. The third-order valence-corrected chi connectivity index (χ3v) is 2.42. The molecule has 0 aromatic carbocycles. The van der Waals surface area contributed by atoms with Crippen molar-refractivity contribution in [1.29, 1.82) is 0 Å².